The van der Waals surface area contributed by atoms with Gasteiger partial charge in [-0.3, -0.25) is 10.2 Å². The largest absolute Gasteiger partial charge is 0.359 e. The Morgan fingerprint density at radius 2 is 2.12 bits per heavy atom. The van der Waals surface area contributed by atoms with Crippen molar-refractivity contribution in [2.75, 3.05) is 26.7 Å². The second-order valence-electron chi connectivity index (χ2n) is 5.40. The molecule has 0 aliphatic carbocycles. The van der Waals surface area contributed by atoms with E-state index in [-0.39, 0.29) is 18.1 Å². The van der Waals surface area contributed by atoms with E-state index in [0.717, 1.165) is 13.2 Å². The fourth-order valence-electron chi connectivity index (χ4n) is 2.79. The molecule has 96 valence electrons. The zero-order valence-corrected chi connectivity index (χ0v) is 11.5. The summed E-state index contributed by atoms with van der Waals surface area (Å²) in [6.45, 7) is 7.64. The highest BCUT2D eigenvalue weighted by molar-refractivity contribution is 5.85. The number of ether oxygens (including phenoxy) is 1. The van der Waals surface area contributed by atoms with Crippen LogP contribution in [-0.2, 0) is 4.74 Å². The number of piperidine rings is 1. The number of rotatable bonds is 1. The highest BCUT2D eigenvalue weighted by Crippen LogP contribution is 2.28. The van der Waals surface area contributed by atoms with Gasteiger partial charge in [-0.05, 0) is 39.3 Å². The van der Waals surface area contributed by atoms with Crippen LogP contribution < -0.4 is 5.32 Å². The van der Waals surface area contributed by atoms with Crippen LogP contribution in [0.3, 0.4) is 0 Å². The molecule has 2 heterocycles. The second-order valence-corrected chi connectivity index (χ2v) is 5.40. The lowest BCUT2D eigenvalue weighted by molar-refractivity contribution is -0.149. The van der Waals surface area contributed by atoms with Gasteiger partial charge in [0.15, 0.2) is 0 Å². The van der Waals surface area contributed by atoms with Crippen molar-refractivity contribution in [3.8, 4) is 0 Å². The van der Waals surface area contributed by atoms with Gasteiger partial charge >= 0.3 is 0 Å². The van der Waals surface area contributed by atoms with Crippen molar-refractivity contribution in [2.45, 2.75) is 44.9 Å². The quantitative estimate of drug-likeness (QED) is 0.767. The van der Waals surface area contributed by atoms with Crippen LogP contribution in [0, 0.1) is 5.92 Å². The summed E-state index contributed by atoms with van der Waals surface area (Å²) in [7, 11) is 2.22. The molecule has 0 aromatic rings. The van der Waals surface area contributed by atoms with Gasteiger partial charge in [-0.1, -0.05) is 13.3 Å². The first-order valence-corrected chi connectivity index (χ1v) is 6.21. The average molecular weight is 249 g/mol. The van der Waals surface area contributed by atoms with Crippen molar-refractivity contribution < 1.29 is 4.74 Å². The lowest BCUT2D eigenvalue weighted by Gasteiger charge is -2.48. The van der Waals surface area contributed by atoms with Crippen molar-refractivity contribution in [2.24, 2.45) is 5.92 Å². The van der Waals surface area contributed by atoms with E-state index in [2.05, 4.69) is 31.1 Å². The topological polar surface area (TPSA) is 24.5 Å². The van der Waals surface area contributed by atoms with Crippen LogP contribution in [0.25, 0.3) is 0 Å². The first-order valence-electron chi connectivity index (χ1n) is 6.21. The molecule has 0 bridgehead atoms. The Morgan fingerprint density at radius 1 is 1.38 bits per heavy atom. The van der Waals surface area contributed by atoms with E-state index in [1.165, 1.54) is 25.8 Å². The predicted molar refractivity (Wildman–Crippen MR) is 69.0 cm³/mol. The number of likely N-dealkylation sites (tertiary alicyclic amines) is 1. The summed E-state index contributed by atoms with van der Waals surface area (Å²) < 4.78 is 6.03. The Morgan fingerprint density at radius 3 is 2.69 bits per heavy atom. The number of halogens is 1. The van der Waals surface area contributed by atoms with Crippen molar-refractivity contribution in [1.82, 2.24) is 10.2 Å². The summed E-state index contributed by atoms with van der Waals surface area (Å²) in [5.41, 5.74) is -0.123. The molecule has 0 amide bonds. The summed E-state index contributed by atoms with van der Waals surface area (Å²) in [4.78, 5) is 2.45. The monoisotopic (exact) mass is 248 g/mol. The molecular formula is C12H25ClN2O. The molecular weight excluding hydrogens is 224 g/mol. The number of hydrogen-bond donors (Lipinski definition) is 1. The molecule has 1 N–H and O–H groups in total. The Labute approximate surface area is 105 Å². The minimum atomic E-state index is -0.123. The van der Waals surface area contributed by atoms with Crippen LogP contribution in [0.2, 0.25) is 0 Å². The number of hydrogen-bond acceptors (Lipinski definition) is 3. The van der Waals surface area contributed by atoms with Crippen LogP contribution in [0.15, 0.2) is 0 Å². The lowest BCUT2D eigenvalue weighted by Crippen LogP contribution is -2.64. The van der Waals surface area contributed by atoms with Gasteiger partial charge in [0.1, 0.15) is 5.72 Å². The van der Waals surface area contributed by atoms with Gasteiger partial charge in [-0.2, -0.15) is 0 Å². The molecule has 0 radical (unpaired) electrons. The minimum Gasteiger partial charge on any atom is -0.359 e. The van der Waals surface area contributed by atoms with Crippen molar-refractivity contribution in [3.05, 3.63) is 0 Å². The van der Waals surface area contributed by atoms with Crippen LogP contribution in [0.5, 0.6) is 0 Å². The van der Waals surface area contributed by atoms with Gasteiger partial charge in [-0.15, -0.1) is 12.4 Å². The zero-order chi connectivity index (χ0) is 10.9. The number of likely N-dealkylation sites (N-methyl/N-ethyl adjacent to an activating group) is 1. The summed E-state index contributed by atoms with van der Waals surface area (Å²) in [6.07, 6.45) is 3.93. The zero-order valence-electron chi connectivity index (χ0n) is 10.7. The molecule has 2 fully saturated rings. The maximum absolute atomic E-state index is 6.03. The maximum Gasteiger partial charge on any atom is 0.132 e. The molecule has 0 saturated carbocycles. The third-order valence-corrected chi connectivity index (χ3v) is 3.88. The predicted octanol–water partition coefficient (Wildman–Crippen LogP) is 1.86. The van der Waals surface area contributed by atoms with Gasteiger partial charge in [0.05, 0.1) is 12.6 Å². The van der Waals surface area contributed by atoms with Crippen LogP contribution >= 0.6 is 12.4 Å². The molecule has 0 spiro atoms. The molecule has 3 atom stereocenters. The van der Waals surface area contributed by atoms with Gasteiger partial charge in [0.25, 0.3) is 0 Å². The molecule has 2 rings (SSSR count). The standard InChI is InChI=1S/C12H24N2O.ClH/c1-10-8-13-12(2,15-9-10)11-6-4-5-7-14(11)3;/h10-11,13H,4-9H2,1-3H3;1H. The highest BCUT2D eigenvalue weighted by Gasteiger charge is 2.40. The van der Waals surface area contributed by atoms with E-state index in [1.54, 1.807) is 0 Å². The van der Waals surface area contributed by atoms with E-state index in [0.29, 0.717) is 12.0 Å². The number of nitrogens with zero attached hydrogens (tertiary/aromatic N) is 1. The molecule has 2 saturated heterocycles. The Bertz CT molecular complexity index is 217. The molecule has 4 heteroatoms. The summed E-state index contributed by atoms with van der Waals surface area (Å²) >= 11 is 0. The SMILES string of the molecule is CC1CNC(C)(C2CCCCN2C)OC1.Cl. The van der Waals surface area contributed by atoms with E-state index in [4.69, 9.17) is 4.74 Å². The average Bonchev–Trinajstić information content (AvgIpc) is 2.23. The van der Waals surface area contributed by atoms with E-state index < -0.39 is 0 Å². The van der Waals surface area contributed by atoms with Gasteiger partial charge in [-0.25, -0.2) is 0 Å². The Kier molecular flexibility index (Phi) is 5.05. The van der Waals surface area contributed by atoms with Crippen LogP contribution in [0.1, 0.15) is 33.1 Å². The fourth-order valence-corrected chi connectivity index (χ4v) is 2.79. The molecule has 2 aliphatic heterocycles. The van der Waals surface area contributed by atoms with Gasteiger partial charge in [0, 0.05) is 6.54 Å². The van der Waals surface area contributed by atoms with Crippen molar-refractivity contribution >= 4 is 12.4 Å². The van der Waals surface area contributed by atoms with Crippen molar-refractivity contribution in [1.29, 1.82) is 0 Å². The molecule has 16 heavy (non-hydrogen) atoms. The minimum absolute atomic E-state index is 0. The number of nitrogens with one attached hydrogen (secondary N) is 1. The van der Waals surface area contributed by atoms with Crippen LogP contribution in [-0.4, -0.2) is 43.4 Å². The maximum atomic E-state index is 6.03. The third kappa shape index (κ3) is 2.89. The van der Waals surface area contributed by atoms with E-state index in [1.807, 2.05) is 0 Å². The molecule has 3 nitrogen and oxygen atoms in total. The summed E-state index contributed by atoms with van der Waals surface area (Å²) in [6, 6.07) is 0.541. The van der Waals surface area contributed by atoms with E-state index >= 15 is 0 Å². The normalized spacial score (nSPS) is 41.4. The lowest BCUT2D eigenvalue weighted by atomic mass is 9.92. The molecule has 2 aliphatic rings. The van der Waals surface area contributed by atoms with Gasteiger partial charge < -0.3 is 4.74 Å². The first kappa shape index (κ1) is 14.2. The molecule has 0 aromatic carbocycles. The second kappa shape index (κ2) is 5.67. The molecule has 0 aromatic heterocycles. The molecule has 3 unspecified atom stereocenters. The van der Waals surface area contributed by atoms with Gasteiger partial charge in [0.2, 0.25) is 0 Å². The van der Waals surface area contributed by atoms with E-state index in [9.17, 15) is 0 Å². The summed E-state index contributed by atoms with van der Waals surface area (Å²) in [5, 5.41) is 3.58. The highest BCUT2D eigenvalue weighted by atomic mass is 35.5. The summed E-state index contributed by atoms with van der Waals surface area (Å²) in [5.74, 6) is 0.645. The fraction of sp³-hybridized carbons (Fsp3) is 1.00. The van der Waals surface area contributed by atoms with Crippen molar-refractivity contribution in [3.63, 3.8) is 0 Å². The first-order chi connectivity index (χ1) is 7.12. The smallest absolute Gasteiger partial charge is 0.132 e. The Hall–Kier alpha value is 0.170. The Balaban J connectivity index is 0.00000128. The third-order valence-electron chi connectivity index (χ3n) is 3.88. The van der Waals surface area contributed by atoms with Crippen LogP contribution in [0.4, 0.5) is 0 Å².